The number of carbonyl (C=O) groups excluding carboxylic acids is 1. The molecule has 3 aromatic carbocycles. The lowest BCUT2D eigenvalue weighted by atomic mass is 9.87. The van der Waals surface area contributed by atoms with Crippen molar-refractivity contribution in [3.05, 3.63) is 107 Å². The molecule has 0 saturated carbocycles. The Morgan fingerprint density at radius 3 is 2.24 bits per heavy atom. The van der Waals surface area contributed by atoms with Crippen molar-refractivity contribution in [2.75, 3.05) is 11.9 Å². The molecular formula is C29H31N3O. The Balaban J connectivity index is 1.72. The lowest BCUT2D eigenvalue weighted by Gasteiger charge is -2.38. The Hall–Kier alpha value is -3.37. The van der Waals surface area contributed by atoms with Crippen LogP contribution in [0.3, 0.4) is 0 Å². The van der Waals surface area contributed by atoms with Gasteiger partial charge in [-0.1, -0.05) is 72.8 Å². The van der Waals surface area contributed by atoms with Crippen LogP contribution < -0.4 is 10.2 Å². The monoisotopic (exact) mass is 437 g/mol. The van der Waals surface area contributed by atoms with Crippen LogP contribution in [0.2, 0.25) is 0 Å². The van der Waals surface area contributed by atoms with Crippen LogP contribution in [0.25, 0.3) is 5.70 Å². The molecule has 5 rings (SSSR count). The third kappa shape index (κ3) is 3.55. The Morgan fingerprint density at radius 2 is 1.52 bits per heavy atom. The molecule has 4 heteroatoms. The summed E-state index contributed by atoms with van der Waals surface area (Å²) >= 11 is 0. The molecule has 0 fully saturated rings. The summed E-state index contributed by atoms with van der Waals surface area (Å²) in [6, 6.07) is 27.2. The van der Waals surface area contributed by atoms with Gasteiger partial charge in [-0.25, -0.2) is 0 Å². The molecular weight excluding hydrogens is 406 g/mol. The number of hydrogen-bond acceptors (Lipinski definition) is 3. The molecule has 168 valence electrons. The first-order valence-corrected chi connectivity index (χ1v) is 11.7. The number of carbonyl (C=O) groups is 1. The summed E-state index contributed by atoms with van der Waals surface area (Å²) in [5, 5.41) is 3.75. The highest BCUT2D eigenvalue weighted by molar-refractivity contribution is 6.08. The molecule has 0 bridgehead atoms. The summed E-state index contributed by atoms with van der Waals surface area (Å²) in [5.41, 5.74) is 7.64. The Kier molecular flexibility index (Phi) is 5.55. The molecule has 33 heavy (non-hydrogen) atoms. The van der Waals surface area contributed by atoms with Gasteiger partial charge >= 0.3 is 0 Å². The molecule has 2 atom stereocenters. The average molecular weight is 438 g/mol. The fourth-order valence-electron chi connectivity index (χ4n) is 5.43. The largest absolute Gasteiger partial charge is 0.343 e. The van der Waals surface area contributed by atoms with E-state index in [9.17, 15) is 4.79 Å². The summed E-state index contributed by atoms with van der Waals surface area (Å²) in [7, 11) is 2.08. The zero-order valence-corrected chi connectivity index (χ0v) is 19.7. The minimum absolute atomic E-state index is 0.00872. The quantitative estimate of drug-likeness (QED) is 0.570. The van der Waals surface area contributed by atoms with Gasteiger partial charge in [0.05, 0.1) is 23.4 Å². The standard InChI is InChI=1S/C29H31N3O/c1-19(2)32-20(3)22-14-8-9-15-23(22)28-26(29(32)33)27(30-18-21-12-6-5-7-13-21)24-16-10-11-17-25(24)31(28)4/h5-17,19-20,27,30H,18H2,1-4H3/t20-,27+/m0/s1. The van der Waals surface area contributed by atoms with Crippen molar-refractivity contribution in [2.24, 2.45) is 0 Å². The van der Waals surface area contributed by atoms with Gasteiger partial charge in [0.2, 0.25) is 0 Å². The van der Waals surface area contributed by atoms with Gasteiger partial charge in [-0.05, 0) is 43.5 Å². The maximum atomic E-state index is 14.3. The van der Waals surface area contributed by atoms with Crippen LogP contribution in [0.15, 0.2) is 84.4 Å². The van der Waals surface area contributed by atoms with E-state index in [2.05, 4.69) is 111 Å². The Labute approximate surface area is 196 Å². The predicted octanol–water partition coefficient (Wildman–Crippen LogP) is 5.69. The number of benzene rings is 3. The highest BCUT2D eigenvalue weighted by Gasteiger charge is 2.42. The van der Waals surface area contributed by atoms with Crippen molar-refractivity contribution in [3.63, 3.8) is 0 Å². The molecule has 0 aromatic heterocycles. The second-order valence-electron chi connectivity index (χ2n) is 9.25. The van der Waals surface area contributed by atoms with E-state index in [1.807, 2.05) is 11.0 Å². The van der Waals surface area contributed by atoms with Crippen LogP contribution >= 0.6 is 0 Å². The maximum Gasteiger partial charge on any atom is 0.254 e. The van der Waals surface area contributed by atoms with Gasteiger partial charge in [-0.3, -0.25) is 4.79 Å². The number of nitrogens with one attached hydrogen (secondary N) is 1. The van der Waals surface area contributed by atoms with Gasteiger partial charge in [0.15, 0.2) is 0 Å². The number of nitrogens with zero attached hydrogens (tertiary/aromatic N) is 2. The van der Waals surface area contributed by atoms with Crippen molar-refractivity contribution in [1.82, 2.24) is 10.2 Å². The lowest BCUT2D eigenvalue weighted by molar-refractivity contribution is -0.131. The van der Waals surface area contributed by atoms with Crippen LogP contribution in [0.5, 0.6) is 0 Å². The summed E-state index contributed by atoms with van der Waals surface area (Å²) in [6.07, 6.45) is 0. The molecule has 0 spiro atoms. The third-order valence-electron chi connectivity index (χ3n) is 6.95. The van der Waals surface area contributed by atoms with E-state index in [-0.39, 0.29) is 24.0 Å². The van der Waals surface area contributed by atoms with Crippen LogP contribution in [0.1, 0.15) is 55.1 Å². The smallest absolute Gasteiger partial charge is 0.254 e. The SMILES string of the molecule is CC(C)N1C(=O)C2=C(c3ccccc3[C@@H]1C)N(C)c1ccccc1[C@H]2NCc1ccccc1. The van der Waals surface area contributed by atoms with Crippen molar-refractivity contribution >= 4 is 17.3 Å². The molecule has 2 heterocycles. The summed E-state index contributed by atoms with van der Waals surface area (Å²) < 4.78 is 0. The first-order valence-electron chi connectivity index (χ1n) is 11.7. The maximum absolute atomic E-state index is 14.3. The topological polar surface area (TPSA) is 35.6 Å². The zero-order valence-electron chi connectivity index (χ0n) is 19.7. The number of anilines is 1. The highest BCUT2D eigenvalue weighted by Crippen LogP contribution is 2.47. The second kappa shape index (κ2) is 8.53. The van der Waals surface area contributed by atoms with Gasteiger partial charge in [-0.2, -0.15) is 0 Å². The van der Waals surface area contributed by atoms with E-state index in [0.29, 0.717) is 6.54 Å². The molecule has 2 aliphatic rings. The van der Waals surface area contributed by atoms with E-state index >= 15 is 0 Å². The summed E-state index contributed by atoms with van der Waals surface area (Å²) in [4.78, 5) is 18.5. The minimum atomic E-state index is -0.195. The van der Waals surface area contributed by atoms with E-state index in [4.69, 9.17) is 0 Å². The van der Waals surface area contributed by atoms with Crippen molar-refractivity contribution in [1.29, 1.82) is 0 Å². The Morgan fingerprint density at radius 1 is 0.879 bits per heavy atom. The fourth-order valence-corrected chi connectivity index (χ4v) is 5.43. The van der Waals surface area contributed by atoms with E-state index in [0.717, 1.165) is 28.1 Å². The van der Waals surface area contributed by atoms with Gasteiger partial charge in [0.1, 0.15) is 0 Å². The summed E-state index contributed by atoms with van der Waals surface area (Å²) in [5.74, 6) is 0.107. The third-order valence-corrected chi connectivity index (χ3v) is 6.95. The first-order chi connectivity index (χ1) is 16.0. The van der Waals surface area contributed by atoms with Gasteiger partial charge in [0, 0.05) is 30.9 Å². The van der Waals surface area contributed by atoms with Gasteiger partial charge in [-0.15, -0.1) is 0 Å². The van der Waals surface area contributed by atoms with Gasteiger partial charge in [0.25, 0.3) is 5.91 Å². The first kappa shape index (κ1) is 21.5. The molecule has 0 unspecified atom stereocenters. The van der Waals surface area contributed by atoms with E-state index in [1.54, 1.807) is 0 Å². The van der Waals surface area contributed by atoms with E-state index < -0.39 is 0 Å². The van der Waals surface area contributed by atoms with Crippen molar-refractivity contribution < 1.29 is 4.79 Å². The second-order valence-corrected chi connectivity index (χ2v) is 9.25. The predicted molar refractivity (Wildman–Crippen MR) is 135 cm³/mol. The van der Waals surface area contributed by atoms with E-state index in [1.165, 1.54) is 11.1 Å². The van der Waals surface area contributed by atoms with Crippen molar-refractivity contribution in [2.45, 2.75) is 45.4 Å². The van der Waals surface area contributed by atoms with Gasteiger partial charge < -0.3 is 15.1 Å². The fraction of sp³-hybridized carbons (Fsp3) is 0.276. The Bertz CT molecular complexity index is 1210. The van der Waals surface area contributed by atoms with Crippen LogP contribution in [-0.2, 0) is 11.3 Å². The zero-order chi connectivity index (χ0) is 23.1. The number of fused-ring (bicyclic) bond motifs is 3. The molecule has 0 radical (unpaired) electrons. The summed E-state index contributed by atoms with van der Waals surface area (Å²) in [6.45, 7) is 7.05. The molecule has 0 aliphatic carbocycles. The van der Waals surface area contributed by atoms with Crippen LogP contribution in [0.4, 0.5) is 5.69 Å². The van der Waals surface area contributed by atoms with Crippen molar-refractivity contribution in [3.8, 4) is 0 Å². The molecule has 1 N–H and O–H groups in total. The lowest BCUT2D eigenvalue weighted by Crippen LogP contribution is -2.43. The van der Waals surface area contributed by atoms with Crippen LogP contribution in [0, 0.1) is 0 Å². The number of hydrogen-bond donors (Lipinski definition) is 1. The number of para-hydroxylation sites is 1. The normalized spacial score (nSPS) is 19.8. The molecule has 0 saturated heterocycles. The minimum Gasteiger partial charge on any atom is -0.343 e. The molecule has 2 aliphatic heterocycles. The molecule has 1 amide bonds. The number of rotatable bonds is 4. The van der Waals surface area contributed by atoms with Crippen LogP contribution in [-0.4, -0.2) is 23.9 Å². The highest BCUT2D eigenvalue weighted by atomic mass is 16.2. The number of amides is 1. The average Bonchev–Trinajstić information content (AvgIpc) is 2.93. The molecule has 4 nitrogen and oxygen atoms in total. The molecule has 3 aromatic rings.